The molecule has 0 aromatic rings. The quantitative estimate of drug-likeness (QED) is 0.292. The van der Waals surface area contributed by atoms with Gasteiger partial charge in [0, 0.05) is 19.6 Å². The van der Waals surface area contributed by atoms with E-state index in [9.17, 15) is 5.11 Å². The van der Waals surface area contributed by atoms with Gasteiger partial charge in [-0.05, 0) is 5.57 Å². The number of aliphatic hydroxyl groups is 1. The van der Waals surface area contributed by atoms with Crippen molar-refractivity contribution in [2.45, 2.75) is 12.1 Å². The van der Waals surface area contributed by atoms with Gasteiger partial charge in [0.25, 0.3) is 0 Å². The largest absolute Gasteiger partial charge is 0.390 e. The molecule has 4 heteroatoms. The van der Waals surface area contributed by atoms with Crippen molar-refractivity contribution in [1.29, 1.82) is 0 Å². The molecule has 0 aromatic carbocycles. The Morgan fingerprint density at radius 1 is 1.73 bits per heavy atom. The number of hydrogen-bond acceptors (Lipinski definition) is 4. The number of nitrogens with two attached hydrogens (primary N) is 1. The molecule has 11 heavy (non-hydrogen) atoms. The zero-order valence-corrected chi connectivity index (χ0v) is 6.33. The summed E-state index contributed by atoms with van der Waals surface area (Å²) < 4.78 is 0. The van der Waals surface area contributed by atoms with Crippen LogP contribution in [0.2, 0.25) is 0 Å². The highest BCUT2D eigenvalue weighted by molar-refractivity contribution is 5.23. The maximum absolute atomic E-state index is 9.52. The minimum absolute atomic E-state index is 0.0660. The van der Waals surface area contributed by atoms with Crippen molar-refractivity contribution in [3.05, 3.63) is 11.6 Å². The van der Waals surface area contributed by atoms with Crippen LogP contribution in [-0.2, 0) is 0 Å². The van der Waals surface area contributed by atoms with Crippen LogP contribution in [0.3, 0.4) is 0 Å². The lowest BCUT2D eigenvalue weighted by Gasteiger charge is -2.31. The highest BCUT2D eigenvalue weighted by atomic mass is 16.3. The van der Waals surface area contributed by atoms with E-state index in [0.29, 0.717) is 6.54 Å². The number of piperidine rings is 1. The number of aliphatic hydroxyl groups excluding tert-OH is 1. The summed E-state index contributed by atoms with van der Waals surface area (Å²) in [4.78, 5) is 0. The Hall–Kier alpha value is -0.420. The molecule has 0 saturated carbocycles. The van der Waals surface area contributed by atoms with Crippen LogP contribution in [0.25, 0.3) is 0 Å². The van der Waals surface area contributed by atoms with Crippen molar-refractivity contribution in [1.82, 2.24) is 10.3 Å². The predicted molar refractivity (Wildman–Crippen MR) is 41.6 cm³/mol. The zero-order chi connectivity index (χ0) is 7.84. The Labute approximate surface area is 65.6 Å². The molecule has 2 heterocycles. The first-order chi connectivity index (χ1) is 5.29. The third kappa shape index (κ3) is 1.08. The highest BCUT2D eigenvalue weighted by Gasteiger charge is 2.33. The van der Waals surface area contributed by atoms with Gasteiger partial charge in [-0.15, -0.1) is 0 Å². The molecule has 2 atom stereocenters. The maximum Gasteiger partial charge on any atom is 0.0872 e. The first kappa shape index (κ1) is 7.24. The molecule has 0 spiro atoms. The predicted octanol–water partition coefficient (Wildman–Crippen LogP) is -1.57. The first-order valence-electron chi connectivity index (χ1n) is 3.88. The summed E-state index contributed by atoms with van der Waals surface area (Å²) >= 11 is 0. The minimum Gasteiger partial charge on any atom is -0.390 e. The van der Waals surface area contributed by atoms with Crippen LogP contribution < -0.4 is 11.2 Å². The molecule has 0 aromatic heterocycles. The summed E-state index contributed by atoms with van der Waals surface area (Å²) in [5, 5.41) is 14.3. The Bertz CT molecular complexity index is 192. The number of nitrogens with zero attached hydrogens (tertiary/aromatic N) is 1. The number of nitrogens with one attached hydrogen (secondary N) is 1. The van der Waals surface area contributed by atoms with Gasteiger partial charge in [0.15, 0.2) is 0 Å². The first-order valence-corrected chi connectivity index (χ1v) is 3.88. The fraction of sp³-hybridized carbons (Fsp3) is 0.714. The molecule has 2 rings (SSSR count). The second-order valence-electron chi connectivity index (χ2n) is 3.12. The Kier molecular flexibility index (Phi) is 1.69. The van der Waals surface area contributed by atoms with Crippen LogP contribution in [0.1, 0.15) is 0 Å². The molecule has 4 nitrogen and oxygen atoms in total. The summed E-state index contributed by atoms with van der Waals surface area (Å²) in [7, 11) is 0. The van der Waals surface area contributed by atoms with Crippen molar-refractivity contribution in [3.8, 4) is 0 Å². The molecule has 1 saturated heterocycles. The number of β-amino-alcohol motifs (C(OH)–C–C–N with tert-alkyl or cyclic N) is 1. The van der Waals surface area contributed by atoms with E-state index in [2.05, 4.69) is 11.4 Å². The van der Waals surface area contributed by atoms with Crippen molar-refractivity contribution in [3.63, 3.8) is 0 Å². The van der Waals surface area contributed by atoms with Gasteiger partial charge >= 0.3 is 0 Å². The van der Waals surface area contributed by atoms with Gasteiger partial charge in [0.2, 0.25) is 0 Å². The van der Waals surface area contributed by atoms with Crippen molar-refractivity contribution >= 4 is 0 Å². The standard InChI is InChI=1S/C7H13N3O/c8-10-2-1-5-3-9-4-6(11)7(5)10/h1,6-7,9,11H,2-4,8H2. The Balaban J connectivity index is 2.17. The van der Waals surface area contributed by atoms with E-state index in [0.717, 1.165) is 13.1 Å². The van der Waals surface area contributed by atoms with E-state index < -0.39 is 0 Å². The number of hydrogen-bond donors (Lipinski definition) is 3. The van der Waals surface area contributed by atoms with Gasteiger partial charge in [-0.25, -0.2) is 5.01 Å². The van der Waals surface area contributed by atoms with Crippen molar-refractivity contribution in [2.75, 3.05) is 19.6 Å². The van der Waals surface area contributed by atoms with Gasteiger partial charge in [-0.3, -0.25) is 5.84 Å². The lowest BCUT2D eigenvalue weighted by Crippen LogP contribution is -2.53. The Morgan fingerprint density at radius 3 is 3.27 bits per heavy atom. The molecule has 2 aliphatic rings. The zero-order valence-electron chi connectivity index (χ0n) is 6.33. The van der Waals surface area contributed by atoms with E-state index in [4.69, 9.17) is 5.84 Å². The van der Waals surface area contributed by atoms with Crippen LogP contribution in [-0.4, -0.2) is 41.9 Å². The van der Waals surface area contributed by atoms with Gasteiger partial charge < -0.3 is 10.4 Å². The monoisotopic (exact) mass is 155 g/mol. The summed E-state index contributed by atoms with van der Waals surface area (Å²) in [5.41, 5.74) is 1.23. The second kappa shape index (κ2) is 2.57. The molecule has 1 fully saturated rings. The van der Waals surface area contributed by atoms with E-state index in [1.54, 1.807) is 5.01 Å². The smallest absolute Gasteiger partial charge is 0.0872 e. The van der Waals surface area contributed by atoms with Crippen LogP contribution in [0.5, 0.6) is 0 Å². The lowest BCUT2D eigenvalue weighted by molar-refractivity contribution is 0.0716. The van der Waals surface area contributed by atoms with Crippen LogP contribution in [0.15, 0.2) is 11.6 Å². The van der Waals surface area contributed by atoms with Crippen molar-refractivity contribution in [2.24, 2.45) is 5.84 Å². The van der Waals surface area contributed by atoms with Gasteiger partial charge in [-0.2, -0.15) is 0 Å². The summed E-state index contributed by atoms with van der Waals surface area (Å²) in [5.74, 6) is 5.67. The van der Waals surface area contributed by atoms with Crippen molar-refractivity contribution < 1.29 is 5.11 Å². The van der Waals surface area contributed by atoms with E-state index >= 15 is 0 Å². The highest BCUT2D eigenvalue weighted by Crippen LogP contribution is 2.20. The number of hydrazine groups is 1. The average Bonchev–Trinajstić information content (AvgIpc) is 2.34. The lowest BCUT2D eigenvalue weighted by atomic mass is 10.00. The molecule has 2 aliphatic heterocycles. The SMILES string of the molecule is NN1CC=C2CNCC(O)C21. The number of fused-ring (bicyclic) bond motifs is 1. The van der Waals surface area contributed by atoms with E-state index in [1.807, 2.05) is 0 Å². The molecule has 4 N–H and O–H groups in total. The van der Waals surface area contributed by atoms with Gasteiger partial charge in [0.1, 0.15) is 0 Å². The fourth-order valence-corrected chi connectivity index (χ4v) is 1.79. The summed E-state index contributed by atoms with van der Waals surface area (Å²) in [6.45, 7) is 2.28. The third-order valence-electron chi connectivity index (χ3n) is 2.35. The molecule has 0 amide bonds. The molecular weight excluding hydrogens is 142 g/mol. The van der Waals surface area contributed by atoms with Gasteiger partial charge in [0.05, 0.1) is 12.1 Å². The summed E-state index contributed by atoms with van der Waals surface area (Å²) in [6, 6.07) is 0.0660. The molecule has 0 radical (unpaired) electrons. The second-order valence-corrected chi connectivity index (χ2v) is 3.12. The fourth-order valence-electron chi connectivity index (χ4n) is 1.79. The average molecular weight is 155 g/mol. The van der Waals surface area contributed by atoms with E-state index in [-0.39, 0.29) is 12.1 Å². The third-order valence-corrected chi connectivity index (χ3v) is 2.35. The molecule has 62 valence electrons. The van der Waals surface area contributed by atoms with Crippen LogP contribution >= 0.6 is 0 Å². The summed E-state index contributed by atoms with van der Waals surface area (Å²) in [6.07, 6.45) is 1.74. The Morgan fingerprint density at radius 2 is 2.55 bits per heavy atom. The normalized spacial score (nSPS) is 38.5. The maximum atomic E-state index is 9.52. The molecule has 2 unspecified atom stereocenters. The number of rotatable bonds is 0. The molecule has 0 aliphatic carbocycles. The van der Waals surface area contributed by atoms with E-state index in [1.165, 1.54) is 5.57 Å². The molecule has 0 bridgehead atoms. The topological polar surface area (TPSA) is 61.5 Å². The minimum atomic E-state index is -0.345. The van der Waals surface area contributed by atoms with Crippen LogP contribution in [0, 0.1) is 0 Å². The van der Waals surface area contributed by atoms with Crippen LogP contribution in [0.4, 0.5) is 0 Å². The molecular formula is C7H13N3O. The van der Waals surface area contributed by atoms with Gasteiger partial charge in [-0.1, -0.05) is 6.08 Å².